The first kappa shape index (κ1) is 16.2. The topological polar surface area (TPSA) is 83.0 Å². The zero-order valence-electron chi connectivity index (χ0n) is 12.4. The molecule has 0 radical (unpaired) electrons. The van der Waals surface area contributed by atoms with E-state index in [1.807, 2.05) is 0 Å². The molecular weight excluding hydrogens is 350 g/mol. The predicted octanol–water partition coefficient (Wildman–Crippen LogP) is 2.62. The normalized spacial score (nSPS) is 10.6. The lowest BCUT2D eigenvalue weighted by Gasteiger charge is -2.11. The van der Waals surface area contributed by atoms with E-state index in [4.69, 9.17) is 28.6 Å². The third kappa shape index (κ3) is 2.91. The highest BCUT2D eigenvalue weighted by atomic mass is 35.5. The SMILES string of the molecule is COc1ccc(Cl)cc1-c1n[nH]c(=S)n1-c1ccc(C(=O)[O-])cc1. The van der Waals surface area contributed by atoms with Gasteiger partial charge in [0.05, 0.1) is 24.3 Å². The number of benzene rings is 2. The molecule has 0 amide bonds. The van der Waals surface area contributed by atoms with Crippen molar-refractivity contribution in [3.8, 4) is 22.8 Å². The van der Waals surface area contributed by atoms with Gasteiger partial charge in [0.2, 0.25) is 0 Å². The van der Waals surface area contributed by atoms with Crippen molar-refractivity contribution in [1.82, 2.24) is 14.8 Å². The third-order valence-electron chi connectivity index (χ3n) is 3.44. The number of H-pyrrole nitrogens is 1. The average Bonchev–Trinajstić information content (AvgIpc) is 2.96. The maximum atomic E-state index is 10.9. The molecule has 3 aromatic rings. The fourth-order valence-electron chi connectivity index (χ4n) is 2.32. The molecule has 0 aliphatic rings. The number of nitrogens with one attached hydrogen (secondary N) is 1. The molecule has 0 bridgehead atoms. The number of ether oxygens (including phenoxy) is 1. The number of halogens is 1. The summed E-state index contributed by atoms with van der Waals surface area (Å²) < 4.78 is 7.38. The van der Waals surface area contributed by atoms with Crippen LogP contribution in [0.5, 0.6) is 5.75 Å². The van der Waals surface area contributed by atoms with Crippen molar-refractivity contribution in [3.63, 3.8) is 0 Å². The second-order valence-corrected chi connectivity index (χ2v) is 5.69. The van der Waals surface area contributed by atoms with Crippen molar-refractivity contribution in [3.05, 3.63) is 57.8 Å². The highest BCUT2D eigenvalue weighted by Crippen LogP contribution is 2.32. The summed E-state index contributed by atoms with van der Waals surface area (Å²) in [7, 11) is 1.55. The molecule has 1 N–H and O–H groups in total. The smallest absolute Gasteiger partial charge is 0.200 e. The average molecular weight is 361 g/mol. The van der Waals surface area contributed by atoms with E-state index in [1.54, 1.807) is 42.0 Å². The van der Waals surface area contributed by atoms with Gasteiger partial charge in [-0.2, -0.15) is 5.10 Å². The monoisotopic (exact) mass is 360 g/mol. The summed E-state index contributed by atoms with van der Waals surface area (Å²) >= 11 is 11.4. The summed E-state index contributed by atoms with van der Waals surface area (Å²) in [5, 5.41) is 18.4. The highest BCUT2D eigenvalue weighted by Gasteiger charge is 2.15. The van der Waals surface area contributed by atoms with Gasteiger partial charge in [0.15, 0.2) is 10.6 Å². The van der Waals surface area contributed by atoms with E-state index < -0.39 is 5.97 Å². The van der Waals surface area contributed by atoms with Crippen LogP contribution >= 0.6 is 23.8 Å². The second kappa shape index (κ2) is 6.46. The Hall–Kier alpha value is -2.64. The Kier molecular flexibility index (Phi) is 4.37. The first-order valence-electron chi connectivity index (χ1n) is 6.84. The first-order chi connectivity index (χ1) is 11.5. The molecule has 0 saturated carbocycles. The first-order valence-corrected chi connectivity index (χ1v) is 7.63. The van der Waals surface area contributed by atoms with Crippen LogP contribution in [0.3, 0.4) is 0 Å². The number of carboxylic acid groups (broad SMARTS) is 1. The van der Waals surface area contributed by atoms with Crippen LogP contribution in [0.25, 0.3) is 17.1 Å². The largest absolute Gasteiger partial charge is 0.545 e. The van der Waals surface area contributed by atoms with Gasteiger partial charge in [-0.05, 0) is 48.1 Å². The number of carbonyl (C=O) groups is 1. The number of hydrogen-bond donors (Lipinski definition) is 1. The Morgan fingerprint density at radius 3 is 2.62 bits per heavy atom. The number of carboxylic acids is 1. The number of rotatable bonds is 4. The minimum atomic E-state index is -1.24. The molecule has 3 rings (SSSR count). The number of aromatic nitrogens is 3. The van der Waals surface area contributed by atoms with Crippen molar-refractivity contribution in [2.75, 3.05) is 7.11 Å². The molecule has 0 aliphatic carbocycles. The van der Waals surface area contributed by atoms with E-state index in [2.05, 4.69) is 10.2 Å². The molecule has 122 valence electrons. The van der Waals surface area contributed by atoms with Crippen LogP contribution in [0, 0.1) is 4.77 Å². The van der Waals surface area contributed by atoms with Gasteiger partial charge in [0.1, 0.15) is 5.75 Å². The molecule has 24 heavy (non-hydrogen) atoms. The Balaban J connectivity index is 2.18. The number of methoxy groups -OCH3 is 1. The van der Waals surface area contributed by atoms with Gasteiger partial charge in [-0.15, -0.1) is 0 Å². The lowest BCUT2D eigenvalue weighted by molar-refractivity contribution is -0.255. The summed E-state index contributed by atoms with van der Waals surface area (Å²) in [5.74, 6) is -0.157. The third-order valence-corrected chi connectivity index (χ3v) is 3.94. The molecule has 0 aliphatic heterocycles. The van der Waals surface area contributed by atoms with Gasteiger partial charge in [0.25, 0.3) is 0 Å². The molecule has 8 heteroatoms. The zero-order chi connectivity index (χ0) is 17.3. The minimum Gasteiger partial charge on any atom is -0.545 e. The summed E-state index contributed by atoms with van der Waals surface area (Å²) in [4.78, 5) is 10.9. The van der Waals surface area contributed by atoms with Gasteiger partial charge in [-0.25, -0.2) is 0 Å². The van der Waals surface area contributed by atoms with E-state index in [-0.39, 0.29) is 5.56 Å². The Morgan fingerprint density at radius 1 is 1.29 bits per heavy atom. The quantitative estimate of drug-likeness (QED) is 0.723. The lowest BCUT2D eigenvalue weighted by atomic mass is 10.1. The fraction of sp³-hybridized carbons (Fsp3) is 0.0625. The fourth-order valence-corrected chi connectivity index (χ4v) is 2.73. The predicted molar refractivity (Wildman–Crippen MR) is 90.1 cm³/mol. The molecule has 0 saturated heterocycles. The highest BCUT2D eigenvalue weighted by molar-refractivity contribution is 7.71. The summed E-state index contributed by atoms with van der Waals surface area (Å²) in [6, 6.07) is 11.3. The van der Waals surface area contributed by atoms with E-state index in [0.29, 0.717) is 32.6 Å². The van der Waals surface area contributed by atoms with Crippen LogP contribution in [-0.4, -0.2) is 27.8 Å². The maximum absolute atomic E-state index is 10.9. The molecule has 0 spiro atoms. The van der Waals surface area contributed by atoms with Crippen LogP contribution < -0.4 is 9.84 Å². The maximum Gasteiger partial charge on any atom is 0.200 e. The van der Waals surface area contributed by atoms with E-state index in [9.17, 15) is 9.90 Å². The van der Waals surface area contributed by atoms with Crippen molar-refractivity contribution < 1.29 is 14.6 Å². The second-order valence-electron chi connectivity index (χ2n) is 4.87. The molecule has 2 aromatic carbocycles. The Labute approximate surface area is 147 Å². The van der Waals surface area contributed by atoms with Crippen LogP contribution in [0.15, 0.2) is 42.5 Å². The van der Waals surface area contributed by atoms with Crippen molar-refractivity contribution >= 4 is 29.8 Å². The van der Waals surface area contributed by atoms with Crippen LogP contribution in [0.4, 0.5) is 0 Å². The molecule has 1 aromatic heterocycles. The standard InChI is InChI=1S/C16H12ClN3O3S/c1-23-13-7-4-10(17)8-12(13)14-18-19-16(24)20(14)11-5-2-9(3-6-11)15(21)22/h2-8H,1H3,(H,19,24)(H,21,22)/p-1. The van der Waals surface area contributed by atoms with Crippen LogP contribution in [0.1, 0.15) is 10.4 Å². The van der Waals surface area contributed by atoms with Crippen molar-refractivity contribution in [2.45, 2.75) is 0 Å². The number of aromatic amines is 1. The van der Waals surface area contributed by atoms with Gasteiger partial charge < -0.3 is 14.6 Å². The van der Waals surface area contributed by atoms with Gasteiger partial charge in [-0.3, -0.25) is 9.67 Å². The molecular formula is C16H11ClN3O3S-. The van der Waals surface area contributed by atoms with Crippen molar-refractivity contribution in [2.24, 2.45) is 0 Å². The van der Waals surface area contributed by atoms with E-state index in [0.717, 1.165) is 0 Å². The summed E-state index contributed by atoms with van der Waals surface area (Å²) in [6.45, 7) is 0. The number of nitrogens with zero attached hydrogens (tertiary/aromatic N) is 2. The zero-order valence-corrected chi connectivity index (χ0v) is 14.0. The summed E-state index contributed by atoms with van der Waals surface area (Å²) in [6.07, 6.45) is 0. The van der Waals surface area contributed by atoms with Crippen LogP contribution in [-0.2, 0) is 0 Å². The number of aromatic carboxylic acids is 1. The summed E-state index contributed by atoms with van der Waals surface area (Å²) in [5.41, 5.74) is 1.38. The van der Waals surface area contributed by atoms with Crippen molar-refractivity contribution in [1.29, 1.82) is 0 Å². The van der Waals surface area contributed by atoms with E-state index >= 15 is 0 Å². The number of carbonyl (C=O) groups excluding carboxylic acids is 1. The molecule has 6 nitrogen and oxygen atoms in total. The van der Waals surface area contributed by atoms with Gasteiger partial charge in [0, 0.05) is 5.02 Å². The van der Waals surface area contributed by atoms with Gasteiger partial charge in [-0.1, -0.05) is 23.7 Å². The number of hydrogen-bond acceptors (Lipinski definition) is 5. The van der Waals surface area contributed by atoms with Gasteiger partial charge >= 0.3 is 0 Å². The van der Waals surface area contributed by atoms with Crippen LogP contribution in [0.2, 0.25) is 5.02 Å². The van der Waals surface area contributed by atoms with E-state index in [1.165, 1.54) is 12.1 Å². The molecule has 0 fully saturated rings. The Bertz CT molecular complexity index is 963. The molecule has 0 atom stereocenters. The Morgan fingerprint density at radius 2 is 2.00 bits per heavy atom. The lowest BCUT2D eigenvalue weighted by Crippen LogP contribution is -2.22. The molecule has 1 heterocycles. The molecule has 0 unspecified atom stereocenters. The minimum absolute atomic E-state index is 0.0793.